The number of rotatable bonds is 3. The highest BCUT2D eigenvalue weighted by Crippen LogP contribution is 2.38. The topological polar surface area (TPSA) is 55.1 Å². The Morgan fingerprint density at radius 2 is 2.00 bits per heavy atom. The van der Waals surface area contributed by atoms with Gasteiger partial charge in [0.1, 0.15) is 0 Å². The normalized spacial score (nSPS) is 27.2. The molecule has 4 heteroatoms. The molecule has 0 radical (unpaired) electrons. The number of nitrogens with two attached hydrogens (primary N) is 1. The van der Waals surface area contributed by atoms with Crippen molar-refractivity contribution >= 4 is 23.4 Å². The van der Waals surface area contributed by atoms with E-state index in [0.717, 1.165) is 12.1 Å². The summed E-state index contributed by atoms with van der Waals surface area (Å²) >= 11 is 1.90. The van der Waals surface area contributed by atoms with E-state index in [1.54, 1.807) is 0 Å². The van der Waals surface area contributed by atoms with Crippen LogP contribution < -0.4 is 11.1 Å². The number of carbonyl (C=O) groups is 1. The molecular weight excluding hydrogens is 244 g/mol. The van der Waals surface area contributed by atoms with E-state index < -0.39 is 0 Å². The summed E-state index contributed by atoms with van der Waals surface area (Å²) in [5, 5.41) is 3.39. The number of thioether (sulfide) groups is 1. The van der Waals surface area contributed by atoms with Gasteiger partial charge in [0.15, 0.2) is 0 Å². The van der Waals surface area contributed by atoms with Gasteiger partial charge in [-0.2, -0.15) is 0 Å². The molecule has 3 unspecified atom stereocenters. The molecule has 1 aromatic carbocycles. The van der Waals surface area contributed by atoms with Crippen LogP contribution in [0.3, 0.4) is 0 Å². The Bertz CT molecular complexity index is 418. The molecule has 18 heavy (non-hydrogen) atoms. The smallest absolute Gasteiger partial charge is 0.221 e. The zero-order valence-corrected chi connectivity index (χ0v) is 11.7. The molecule has 0 heterocycles. The fraction of sp³-hybridized carbons (Fsp3) is 0.500. The van der Waals surface area contributed by atoms with Crippen LogP contribution in [-0.2, 0) is 4.79 Å². The minimum absolute atomic E-state index is 0.0363. The first-order chi connectivity index (χ1) is 8.56. The SMILES string of the molecule is CC(=O)Nc1ccc(SC2CCC(N)C2C)cc1. The lowest BCUT2D eigenvalue weighted by atomic mass is 10.1. The summed E-state index contributed by atoms with van der Waals surface area (Å²) in [5.74, 6) is 0.538. The van der Waals surface area contributed by atoms with Gasteiger partial charge >= 0.3 is 0 Å². The molecule has 2 rings (SSSR count). The first-order valence-corrected chi connectivity index (χ1v) is 7.24. The van der Waals surface area contributed by atoms with Crippen molar-refractivity contribution in [2.75, 3.05) is 5.32 Å². The molecule has 1 saturated carbocycles. The zero-order chi connectivity index (χ0) is 13.1. The Balaban J connectivity index is 1.96. The molecular formula is C14H20N2OS. The molecule has 0 saturated heterocycles. The maximum absolute atomic E-state index is 10.9. The van der Waals surface area contributed by atoms with Gasteiger partial charge in [-0.3, -0.25) is 4.79 Å². The number of nitrogens with one attached hydrogen (secondary N) is 1. The van der Waals surface area contributed by atoms with Crippen LogP contribution in [-0.4, -0.2) is 17.2 Å². The molecule has 3 atom stereocenters. The fourth-order valence-corrected chi connectivity index (χ4v) is 3.63. The van der Waals surface area contributed by atoms with Gasteiger partial charge < -0.3 is 11.1 Å². The molecule has 1 aliphatic carbocycles. The van der Waals surface area contributed by atoms with E-state index >= 15 is 0 Å². The lowest BCUT2D eigenvalue weighted by Gasteiger charge is -2.17. The lowest BCUT2D eigenvalue weighted by Crippen LogP contribution is -2.25. The first-order valence-electron chi connectivity index (χ1n) is 6.36. The van der Waals surface area contributed by atoms with Crippen molar-refractivity contribution in [3.05, 3.63) is 24.3 Å². The highest BCUT2D eigenvalue weighted by atomic mass is 32.2. The van der Waals surface area contributed by atoms with Gasteiger partial charge in [0.2, 0.25) is 5.91 Å². The van der Waals surface area contributed by atoms with Crippen molar-refractivity contribution < 1.29 is 4.79 Å². The number of hydrogen-bond acceptors (Lipinski definition) is 3. The molecule has 1 amide bonds. The number of carbonyl (C=O) groups excluding carboxylic acids is 1. The zero-order valence-electron chi connectivity index (χ0n) is 10.8. The quantitative estimate of drug-likeness (QED) is 0.882. The van der Waals surface area contributed by atoms with Crippen LogP contribution in [0.25, 0.3) is 0 Å². The summed E-state index contributed by atoms with van der Waals surface area (Å²) in [6.45, 7) is 3.76. The van der Waals surface area contributed by atoms with Crippen LogP contribution in [0.2, 0.25) is 0 Å². The van der Waals surface area contributed by atoms with Crippen LogP contribution in [0.4, 0.5) is 5.69 Å². The molecule has 0 spiro atoms. The molecule has 98 valence electrons. The minimum atomic E-state index is -0.0363. The Kier molecular flexibility index (Phi) is 4.30. The van der Waals surface area contributed by atoms with Crippen molar-refractivity contribution in [2.45, 2.75) is 42.9 Å². The summed E-state index contributed by atoms with van der Waals surface area (Å²) in [4.78, 5) is 12.2. The third-order valence-corrected chi connectivity index (χ3v) is 5.02. The maximum Gasteiger partial charge on any atom is 0.221 e. The second kappa shape index (κ2) is 5.76. The van der Waals surface area contributed by atoms with Crippen molar-refractivity contribution in [1.82, 2.24) is 0 Å². The summed E-state index contributed by atoms with van der Waals surface area (Å²) in [6, 6.07) is 8.37. The van der Waals surface area contributed by atoms with Crippen LogP contribution in [0, 0.1) is 5.92 Å². The Morgan fingerprint density at radius 1 is 1.33 bits per heavy atom. The average molecular weight is 264 g/mol. The molecule has 0 aliphatic heterocycles. The number of amides is 1. The maximum atomic E-state index is 10.9. The summed E-state index contributed by atoms with van der Waals surface area (Å²) in [7, 11) is 0. The van der Waals surface area contributed by atoms with E-state index in [2.05, 4.69) is 24.4 Å². The molecule has 1 aromatic rings. The van der Waals surface area contributed by atoms with Gasteiger partial charge in [-0.05, 0) is 43.0 Å². The average Bonchev–Trinajstić information content (AvgIpc) is 2.63. The Labute approximate surface area is 113 Å². The van der Waals surface area contributed by atoms with Gasteiger partial charge in [-0.15, -0.1) is 11.8 Å². The lowest BCUT2D eigenvalue weighted by molar-refractivity contribution is -0.114. The van der Waals surface area contributed by atoms with Crippen molar-refractivity contribution in [3.63, 3.8) is 0 Å². The van der Waals surface area contributed by atoms with Crippen molar-refractivity contribution in [2.24, 2.45) is 11.7 Å². The monoisotopic (exact) mass is 264 g/mol. The summed E-state index contributed by atoms with van der Waals surface area (Å²) < 4.78 is 0. The van der Waals surface area contributed by atoms with E-state index in [-0.39, 0.29) is 5.91 Å². The second-order valence-electron chi connectivity index (χ2n) is 4.96. The van der Waals surface area contributed by atoms with Crippen LogP contribution in [0.1, 0.15) is 26.7 Å². The molecule has 1 aliphatic rings. The third-order valence-electron chi connectivity index (χ3n) is 3.51. The molecule has 0 aromatic heterocycles. The fourth-order valence-electron chi connectivity index (χ4n) is 2.32. The van der Waals surface area contributed by atoms with Crippen LogP contribution in [0.15, 0.2) is 29.2 Å². The second-order valence-corrected chi connectivity index (χ2v) is 6.27. The van der Waals surface area contributed by atoms with Crippen LogP contribution >= 0.6 is 11.8 Å². The van der Waals surface area contributed by atoms with Crippen molar-refractivity contribution in [3.8, 4) is 0 Å². The van der Waals surface area contributed by atoms with E-state index in [4.69, 9.17) is 5.73 Å². The molecule has 0 bridgehead atoms. The van der Waals surface area contributed by atoms with Gasteiger partial charge in [0.25, 0.3) is 0 Å². The van der Waals surface area contributed by atoms with E-state index in [1.165, 1.54) is 18.2 Å². The molecule has 3 N–H and O–H groups in total. The van der Waals surface area contributed by atoms with Gasteiger partial charge in [-0.1, -0.05) is 6.92 Å². The summed E-state index contributed by atoms with van der Waals surface area (Å²) in [5.41, 5.74) is 6.89. The number of anilines is 1. The van der Waals surface area contributed by atoms with Gasteiger partial charge in [0.05, 0.1) is 0 Å². The Morgan fingerprint density at radius 3 is 2.50 bits per heavy atom. The van der Waals surface area contributed by atoms with E-state index in [0.29, 0.717) is 17.2 Å². The Hall–Kier alpha value is -1.00. The first kappa shape index (κ1) is 13.4. The molecule has 3 nitrogen and oxygen atoms in total. The number of hydrogen-bond donors (Lipinski definition) is 2. The van der Waals surface area contributed by atoms with E-state index in [1.807, 2.05) is 23.9 Å². The van der Waals surface area contributed by atoms with E-state index in [9.17, 15) is 4.79 Å². The number of benzene rings is 1. The standard InChI is InChI=1S/C14H20N2OS/c1-9-13(15)7-8-14(9)18-12-5-3-11(4-6-12)16-10(2)17/h3-6,9,13-14H,7-8,15H2,1-2H3,(H,16,17). The minimum Gasteiger partial charge on any atom is -0.327 e. The summed E-state index contributed by atoms with van der Waals surface area (Å²) in [6.07, 6.45) is 2.32. The highest BCUT2D eigenvalue weighted by molar-refractivity contribution is 8.00. The predicted octanol–water partition coefficient (Wildman–Crippen LogP) is 2.86. The van der Waals surface area contributed by atoms with Gasteiger partial charge in [0, 0.05) is 28.8 Å². The molecule has 1 fully saturated rings. The highest BCUT2D eigenvalue weighted by Gasteiger charge is 2.30. The predicted molar refractivity (Wildman–Crippen MR) is 76.8 cm³/mol. The van der Waals surface area contributed by atoms with Crippen molar-refractivity contribution in [1.29, 1.82) is 0 Å². The van der Waals surface area contributed by atoms with Gasteiger partial charge in [-0.25, -0.2) is 0 Å². The largest absolute Gasteiger partial charge is 0.327 e. The third kappa shape index (κ3) is 3.27. The van der Waals surface area contributed by atoms with Crippen LogP contribution in [0.5, 0.6) is 0 Å².